The van der Waals surface area contributed by atoms with E-state index in [-0.39, 0.29) is 24.6 Å². The molecule has 102 valence electrons. The zero-order chi connectivity index (χ0) is 13.9. The molecule has 2 rings (SSSR count). The molecule has 0 atom stereocenters. The molecule has 0 aliphatic heterocycles. The number of amides is 1. The van der Waals surface area contributed by atoms with E-state index in [0.717, 1.165) is 24.8 Å². The largest absolute Gasteiger partial charge is 0.394 e. The van der Waals surface area contributed by atoms with E-state index in [0.29, 0.717) is 0 Å². The van der Waals surface area contributed by atoms with Gasteiger partial charge in [-0.1, -0.05) is 12.1 Å². The molecule has 1 aromatic rings. The summed E-state index contributed by atoms with van der Waals surface area (Å²) in [7, 11) is 0. The minimum absolute atomic E-state index is 0.00924. The number of nitrogens with zero attached hydrogens (tertiary/aromatic N) is 1. The summed E-state index contributed by atoms with van der Waals surface area (Å²) in [6.45, 7) is -0.0427. The van der Waals surface area contributed by atoms with Crippen molar-refractivity contribution in [2.45, 2.75) is 31.2 Å². The van der Waals surface area contributed by atoms with Gasteiger partial charge in [-0.25, -0.2) is 0 Å². The molecule has 0 bridgehead atoms. The number of hydrogen-bond acceptors (Lipinski definition) is 4. The fraction of sp³-hybridized carbons (Fsp3) is 0.462. The molecule has 1 saturated carbocycles. The number of rotatable bonds is 5. The van der Waals surface area contributed by atoms with Crippen molar-refractivity contribution in [3.05, 3.63) is 39.9 Å². The van der Waals surface area contributed by atoms with Gasteiger partial charge in [0.05, 0.1) is 23.5 Å². The lowest BCUT2D eigenvalue weighted by molar-refractivity contribution is -0.384. The third kappa shape index (κ3) is 3.08. The first-order valence-electron chi connectivity index (χ1n) is 6.20. The van der Waals surface area contributed by atoms with Gasteiger partial charge in [0, 0.05) is 12.1 Å². The highest BCUT2D eigenvalue weighted by molar-refractivity contribution is 5.79. The number of nitro benzene ring substituents is 1. The van der Waals surface area contributed by atoms with Gasteiger partial charge in [0.15, 0.2) is 0 Å². The van der Waals surface area contributed by atoms with Crippen molar-refractivity contribution in [2.24, 2.45) is 0 Å². The highest BCUT2D eigenvalue weighted by Crippen LogP contribution is 2.31. The lowest BCUT2D eigenvalue weighted by atomic mass is 9.77. The molecule has 1 amide bonds. The minimum Gasteiger partial charge on any atom is -0.394 e. The zero-order valence-electron chi connectivity index (χ0n) is 10.5. The van der Waals surface area contributed by atoms with Crippen LogP contribution in [0.2, 0.25) is 0 Å². The molecule has 6 heteroatoms. The molecule has 2 N–H and O–H groups in total. The van der Waals surface area contributed by atoms with Gasteiger partial charge in [-0.15, -0.1) is 0 Å². The van der Waals surface area contributed by atoms with Gasteiger partial charge in [-0.3, -0.25) is 14.9 Å². The molecule has 1 aromatic carbocycles. The summed E-state index contributed by atoms with van der Waals surface area (Å²) in [5, 5.41) is 22.6. The molecule has 0 unspecified atom stereocenters. The molecular weight excluding hydrogens is 248 g/mol. The van der Waals surface area contributed by atoms with Gasteiger partial charge in [0.1, 0.15) is 0 Å². The van der Waals surface area contributed by atoms with Gasteiger partial charge in [-0.05, 0) is 24.8 Å². The summed E-state index contributed by atoms with van der Waals surface area (Å²) < 4.78 is 0. The summed E-state index contributed by atoms with van der Waals surface area (Å²) in [5.41, 5.74) is 0.281. The van der Waals surface area contributed by atoms with Crippen LogP contribution >= 0.6 is 0 Å². The van der Waals surface area contributed by atoms with E-state index in [9.17, 15) is 20.0 Å². The third-order valence-corrected chi connectivity index (χ3v) is 3.53. The second-order valence-electron chi connectivity index (χ2n) is 4.94. The lowest BCUT2D eigenvalue weighted by Gasteiger charge is -2.41. The first-order chi connectivity index (χ1) is 9.04. The van der Waals surface area contributed by atoms with Crippen molar-refractivity contribution in [3.63, 3.8) is 0 Å². The second kappa shape index (κ2) is 5.36. The van der Waals surface area contributed by atoms with Gasteiger partial charge >= 0.3 is 0 Å². The van der Waals surface area contributed by atoms with Crippen LogP contribution in [0, 0.1) is 10.1 Å². The SMILES string of the molecule is O=C(Cc1ccc([N+](=O)[O-])cc1)NC1(CO)CCC1. The number of nitrogens with one attached hydrogen (secondary N) is 1. The Morgan fingerprint density at radius 3 is 2.42 bits per heavy atom. The maximum atomic E-state index is 11.8. The van der Waals surface area contributed by atoms with Crippen molar-refractivity contribution in [3.8, 4) is 0 Å². The van der Waals surface area contributed by atoms with Crippen LogP contribution < -0.4 is 5.32 Å². The van der Waals surface area contributed by atoms with E-state index in [1.807, 2.05) is 0 Å². The second-order valence-corrected chi connectivity index (χ2v) is 4.94. The van der Waals surface area contributed by atoms with Gasteiger partial charge in [0.25, 0.3) is 5.69 Å². The molecular formula is C13H16N2O4. The fourth-order valence-electron chi connectivity index (χ4n) is 2.19. The van der Waals surface area contributed by atoms with Crippen LogP contribution in [0.25, 0.3) is 0 Å². The first kappa shape index (κ1) is 13.5. The van der Waals surface area contributed by atoms with Gasteiger partial charge in [0.2, 0.25) is 5.91 Å². The number of hydrogen-bond donors (Lipinski definition) is 2. The number of aliphatic hydroxyl groups excluding tert-OH is 1. The summed E-state index contributed by atoms with van der Waals surface area (Å²) in [6, 6.07) is 5.91. The Bertz CT molecular complexity index is 474. The number of aliphatic hydroxyl groups is 1. The average molecular weight is 264 g/mol. The molecule has 1 fully saturated rings. The Kier molecular flexibility index (Phi) is 3.80. The molecule has 0 spiro atoms. The van der Waals surface area contributed by atoms with Crippen LogP contribution in [-0.2, 0) is 11.2 Å². The summed E-state index contributed by atoms with van der Waals surface area (Å²) in [6.07, 6.45) is 2.78. The van der Waals surface area contributed by atoms with Crippen molar-refractivity contribution >= 4 is 11.6 Å². The smallest absolute Gasteiger partial charge is 0.269 e. The van der Waals surface area contributed by atoms with E-state index < -0.39 is 10.5 Å². The quantitative estimate of drug-likeness (QED) is 0.616. The van der Waals surface area contributed by atoms with E-state index in [4.69, 9.17) is 0 Å². The van der Waals surface area contributed by atoms with Crippen LogP contribution in [0.15, 0.2) is 24.3 Å². The van der Waals surface area contributed by atoms with E-state index in [2.05, 4.69) is 5.32 Å². The van der Waals surface area contributed by atoms with Crippen LogP contribution in [-0.4, -0.2) is 28.1 Å². The van der Waals surface area contributed by atoms with Crippen LogP contribution in [0.4, 0.5) is 5.69 Å². The lowest BCUT2D eigenvalue weighted by Crippen LogP contribution is -2.56. The van der Waals surface area contributed by atoms with Gasteiger partial charge < -0.3 is 10.4 Å². The highest BCUT2D eigenvalue weighted by Gasteiger charge is 2.37. The van der Waals surface area contributed by atoms with Crippen molar-refractivity contribution in [1.29, 1.82) is 0 Å². The van der Waals surface area contributed by atoms with Crippen molar-refractivity contribution < 1.29 is 14.8 Å². The van der Waals surface area contributed by atoms with Crippen molar-refractivity contribution in [1.82, 2.24) is 5.32 Å². The van der Waals surface area contributed by atoms with E-state index >= 15 is 0 Å². The number of non-ortho nitro benzene ring substituents is 1. The summed E-state index contributed by atoms with van der Waals surface area (Å²) in [4.78, 5) is 21.9. The summed E-state index contributed by atoms with van der Waals surface area (Å²) in [5.74, 6) is -0.164. The minimum atomic E-state index is -0.473. The van der Waals surface area contributed by atoms with Crippen LogP contribution in [0.5, 0.6) is 0 Å². The number of benzene rings is 1. The Morgan fingerprint density at radius 2 is 2.00 bits per heavy atom. The number of carbonyl (C=O) groups excluding carboxylic acids is 1. The van der Waals surface area contributed by atoms with E-state index in [1.165, 1.54) is 12.1 Å². The Labute approximate surface area is 110 Å². The number of carbonyl (C=O) groups is 1. The summed E-state index contributed by atoms with van der Waals surface area (Å²) >= 11 is 0. The number of nitro groups is 1. The molecule has 0 radical (unpaired) electrons. The molecule has 0 saturated heterocycles. The zero-order valence-corrected chi connectivity index (χ0v) is 10.5. The Balaban J connectivity index is 1.93. The molecule has 19 heavy (non-hydrogen) atoms. The van der Waals surface area contributed by atoms with Crippen molar-refractivity contribution in [2.75, 3.05) is 6.61 Å². The molecule has 0 aromatic heterocycles. The fourth-order valence-corrected chi connectivity index (χ4v) is 2.19. The van der Waals surface area contributed by atoms with Gasteiger partial charge in [-0.2, -0.15) is 0 Å². The molecule has 6 nitrogen and oxygen atoms in total. The monoisotopic (exact) mass is 264 g/mol. The topological polar surface area (TPSA) is 92.5 Å². The normalized spacial score (nSPS) is 16.5. The molecule has 1 aliphatic rings. The first-order valence-corrected chi connectivity index (χ1v) is 6.20. The highest BCUT2D eigenvalue weighted by atomic mass is 16.6. The third-order valence-electron chi connectivity index (χ3n) is 3.53. The Hall–Kier alpha value is -1.95. The molecule has 1 aliphatic carbocycles. The maximum Gasteiger partial charge on any atom is 0.269 e. The molecule has 0 heterocycles. The predicted molar refractivity (Wildman–Crippen MR) is 68.6 cm³/mol. The van der Waals surface area contributed by atoms with E-state index in [1.54, 1.807) is 12.1 Å². The van der Waals surface area contributed by atoms with Crippen LogP contribution in [0.1, 0.15) is 24.8 Å². The maximum absolute atomic E-state index is 11.8. The van der Waals surface area contributed by atoms with Crippen LogP contribution in [0.3, 0.4) is 0 Å². The predicted octanol–water partition coefficient (Wildman–Crippen LogP) is 1.17. The standard InChI is InChI=1S/C13H16N2O4/c16-9-13(6-1-7-13)14-12(17)8-10-2-4-11(5-3-10)15(18)19/h2-5,16H,1,6-9H2,(H,14,17). The average Bonchev–Trinajstić information content (AvgIpc) is 2.34. The Morgan fingerprint density at radius 1 is 1.37 bits per heavy atom.